The molecule has 1 saturated carbocycles. The van der Waals surface area contributed by atoms with E-state index in [1.807, 2.05) is 43.3 Å². The zero-order valence-corrected chi connectivity index (χ0v) is 21.1. The molecule has 0 spiro atoms. The van der Waals surface area contributed by atoms with Crippen molar-refractivity contribution in [1.29, 1.82) is 0 Å². The van der Waals surface area contributed by atoms with Gasteiger partial charge in [-0.3, -0.25) is 4.79 Å². The summed E-state index contributed by atoms with van der Waals surface area (Å²) < 4.78 is 33.5. The second kappa shape index (κ2) is 10.5. The summed E-state index contributed by atoms with van der Waals surface area (Å²) in [6.45, 7) is 2.89. The predicted molar refractivity (Wildman–Crippen MR) is 133 cm³/mol. The Labute approximate surface area is 203 Å². The maximum absolute atomic E-state index is 13.4. The lowest BCUT2D eigenvalue weighted by Gasteiger charge is -2.38. The molecule has 0 unspecified atom stereocenters. The van der Waals surface area contributed by atoms with Crippen molar-refractivity contribution >= 4 is 15.9 Å². The Morgan fingerprint density at radius 1 is 1.03 bits per heavy atom. The van der Waals surface area contributed by atoms with Gasteiger partial charge in [-0.2, -0.15) is 4.31 Å². The number of sulfonamides is 1. The molecule has 1 heterocycles. The molecule has 2 aromatic carbocycles. The summed E-state index contributed by atoms with van der Waals surface area (Å²) in [5.74, 6) is 1.19. The van der Waals surface area contributed by atoms with Crippen LogP contribution in [-0.2, 0) is 21.4 Å². The number of carbonyl (C=O) groups is 1. The van der Waals surface area contributed by atoms with Gasteiger partial charge < -0.3 is 10.1 Å². The Kier molecular flexibility index (Phi) is 7.63. The van der Waals surface area contributed by atoms with Crippen LogP contribution < -0.4 is 10.1 Å². The van der Waals surface area contributed by atoms with Crippen LogP contribution in [0.15, 0.2) is 53.4 Å². The van der Waals surface area contributed by atoms with Crippen LogP contribution in [0.2, 0.25) is 0 Å². The first-order valence-corrected chi connectivity index (χ1v) is 13.8. The number of hydrogen-bond donors (Lipinski definition) is 1. The van der Waals surface area contributed by atoms with Gasteiger partial charge in [-0.1, -0.05) is 43.5 Å². The minimum Gasteiger partial charge on any atom is -0.497 e. The van der Waals surface area contributed by atoms with Crippen LogP contribution in [0.4, 0.5) is 0 Å². The van der Waals surface area contributed by atoms with Gasteiger partial charge >= 0.3 is 0 Å². The van der Waals surface area contributed by atoms with E-state index >= 15 is 0 Å². The van der Waals surface area contributed by atoms with Crippen molar-refractivity contribution in [2.24, 2.45) is 5.41 Å². The minimum absolute atomic E-state index is 0.115. The summed E-state index contributed by atoms with van der Waals surface area (Å²) in [5, 5.41) is 3.00. The highest BCUT2D eigenvalue weighted by atomic mass is 32.2. The zero-order chi connectivity index (χ0) is 24.2. The Bertz CT molecular complexity index is 1080. The fraction of sp³-hybridized carbons (Fsp3) is 0.519. The third-order valence-electron chi connectivity index (χ3n) is 7.42. The Hall–Kier alpha value is -2.38. The van der Waals surface area contributed by atoms with Crippen molar-refractivity contribution in [3.05, 3.63) is 59.7 Å². The van der Waals surface area contributed by atoms with Gasteiger partial charge in [0.2, 0.25) is 15.9 Å². The van der Waals surface area contributed by atoms with Crippen molar-refractivity contribution in [2.45, 2.75) is 69.2 Å². The van der Waals surface area contributed by atoms with Crippen molar-refractivity contribution in [1.82, 2.24) is 9.62 Å². The smallest absolute Gasteiger partial charge is 0.243 e. The molecular weight excluding hydrogens is 448 g/mol. The van der Waals surface area contributed by atoms with Gasteiger partial charge in [0.1, 0.15) is 5.75 Å². The molecule has 2 aromatic rings. The third-order valence-corrected chi connectivity index (χ3v) is 9.28. The van der Waals surface area contributed by atoms with Gasteiger partial charge in [-0.25, -0.2) is 8.42 Å². The SMILES string of the molecule is COc1ccc(CNC(=O)[C@]2(C)CCCN(S(=O)(=O)c3ccc(C4CCCCC4)cc3)C2)cc1. The molecule has 1 atom stereocenters. The van der Waals surface area contributed by atoms with E-state index in [0.717, 1.165) is 11.3 Å². The summed E-state index contributed by atoms with van der Waals surface area (Å²) in [4.78, 5) is 13.4. The van der Waals surface area contributed by atoms with Gasteiger partial charge in [0.15, 0.2) is 0 Å². The van der Waals surface area contributed by atoms with Crippen LogP contribution in [0.5, 0.6) is 5.75 Å². The van der Waals surface area contributed by atoms with Crippen molar-refractivity contribution in [3.63, 3.8) is 0 Å². The monoisotopic (exact) mass is 484 g/mol. The quantitative estimate of drug-likeness (QED) is 0.610. The average molecular weight is 485 g/mol. The normalized spacial score (nSPS) is 22.3. The maximum atomic E-state index is 13.4. The van der Waals surface area contributed by atoms with Crippen molar-refractivity contribution in [2.75, 3.05) is 20.2 Å². The zero-order valence-electron chi connectivity index (χ0n) is 20.3. The number of carbonyl (C=O) groups excluding carboxylic acids is 1. The molecule has 6 nitrogen and oxygen atoms in total. The van der Waals surface area contributed by atoms with E-state index in [9.17, 15) is 13.2 Å². The Morgan fingerprint density at radius 2 is 1.71 bits per heavy atom. The number of piperidine rings is 1. The van der Waals surface area contributed by atoms with Gasteiger partial charge in [0, 0.05) is 19.6 Å². The fourth-order valence-corrected chi connectivity index (χ4v) is 6.82. The van der Waals surface area contributed by atoms with Crippen LogP contribution in [0.1, 0.15) is 68.9 Å². The van der Waals surface area contributed by atoms with E-state index in [1.165, 1.54) is 42.0 Å². The second-order valence-corrected chi connectivity index (χ2v) is 11.9. The van der Waals surface area contributed by atoms with E-state index in [2.05, 4.69) is 5.32 Å². The molecule has 0 aromatic heterocycles. The number of nitrogens with zero attached hydrogens (tertiary/aromatic N) is 1. The highest BCUT2D eigenvalue weighted by molar-refractivity contribution is 7.89. The predicted octanol–water partition coefficient (Wildman–Crippen LogP) is 4.85. The number of hydrogen-bond acceptors (Lipinski definition) is 4. The van der Waals surface area contributed by atoms with Gasteiger partial charge in [-0.15, -0.1) is 0 Å². The average Bonchev–Trinajstić information content (AvgIpc) is 2.88. The number of rotatable bonds is 7. The summed E-state index contributed by atoms with van der Waals surface area (Å²) in [5.41, 5.74) is 1.44. The number of benzene rings is 2. The molecule has 0 radical (unpaired) electrons. The maximum Gasteiger partial charge on any atom is 0.243 e. The number of methoxy groups -OCH3 is 1. The van der Waals surface area contributed by atoms with Gasteiger partial charge in [0.05, 0.1) is 17.4 Å². The highest BCUT2D eigenvalue weighted by Crippen LogP contribution is 2.35. The molecule has 184 valence electrons. The molecule has 1 aliphatic heterocycles. The molecular formula is C27H36N2O4S. The molecule has 1 aliphatic carbocycles. The molecule has 2 fully saturated rings. The van der Waals surface area contributed by atoms with Crippen LogP contribution in [0, 0.1) is 5.41 Å². The summed E-state index contributed by atoms with van der Waals surface area (Å²) in [6.07, 6.45) is 7.48. The molecule has 7 heteroatoms. The first-order valence-electron chi connectivity index (χ1n) is 12.3. The standard InChI is InChI=1S/C27H36N2O4S/c1-27(26(30)28-19-21-9-13-24(33-2)14-10-21)17-6-18-29(20-27)34(31,32)25-15-11-23(12-16-25)22-7-4-3-5-8-22/h9-16,22H,3-8,17-20H2,1-2H3,(H,28,30)/t27-/m1/s1. The van der Waals surface area contributed by atoms with Gasteiger partial charge in [-0.05, 0) is 73.9 Å². The third kappa shape index (κ3) is 5.47. The van der Waals surface area contributed by atoms with E-state index in [0.29, 0.717) is 36.7 Å². The van der Waals surface area contributed by atoms with Gasteiger partial charge in [0.25, 0.3) is 0 Å². The van der Waals surface area contributed by atoms with E-state index in [1.54, 1.807) is 19.2 Å². The lowest BCUT2D eigenvalue weighted by atomic mass is 9.82. The van der Waals surface area contributed by atoms with E-state index in [-0.39, 0.29) is 12.5 Å². The topological polar surface area (TPSA) is 75.7 Å². The largest absolute Gasteiger partial charge is 0.497 e. The van der Waals surface area contributed by atoms with E-state index < -0.39 is 15.4 Å². The first-order chi connectivity index (χ1) is 16.3. The fourth-order valence-electron chi connectivity index (χ4n) is 5.22. The molecule has 1 N–H and O–H groups in total. The Balaban J connectivity index is 1.41. The van der Waals surface area contributed by atoms with E-state index in [4.69, 9.17) is 4.74 Å². The number of nitrogens with one attached hydrogen (secondary N) is 1. The Morgan fingerprint density at radius 3 is 2.35 bits per heavy atom. The highest BCUT2D eigenvalue weighted by Gasteiger charge is 2.41. The molecule has 1 amide bonds. The second-order valence-electron chi connectivity index (χ2n) is 9.94. The number of ether oxygens (including phenoxy) is 1. The van der Waals surface area contributed by atoms with Crippen LogP contribution in [-0.4, -0.2) is 38.8 Å². The number of amides is 1. The van der Waals surface area contributed by atoms with Crippen molar-refractivity contribution in [3.8, 4) is 5.75 Å². The summed E-state index contributed by atoms with van der Waals surface area (Å²) >= 11 is 0. The molecule has 1 saturated heterocycles. The van der Waals surface area contributed by atoms with Crippen LogP contribution in [0.25, 0.3) is 0 Å². The van der Waals surface area contributed by atoms with Crippen LogP contribution in [0.3, 0.4) is 0 Å². The van der Waals surface area contributed by atoms with Crippen molar-refractivity contribution < 1.29 is 17.9 Å². The first kappa shape index (κ1) is 24.7. The lowest BCUT2D eigenvalue weighted by molar-refractivity contribution is -0.132. The molecule has 0 bridgehead atoms. The van der Waals surface area contributed by atoms with Crippen LogP contribution >= 0.6 is 0 Å². The summed E-state index contributed by atoms with van der Waals surface area (Å²) in [6, 6.07) is 15.0. The lowest BCUT2D eigenvalue weighted by Crippen LogP contribution is -2.51. The molecule has 4 rings (SSSR count). The molecule has 34 heavy (non-hydrogen) atoms. The minimum atomic E-state index is -3.65. The molecule has 2 aliphatic rings. The summed E-state index contributed by atoms with van der Waals surface area (Å²) in [7, 11) is -2.03.